The average Bonchev–Trinajstić information content (AvgIpc) is 3.14. The van der Waals surface area contributed by atoms with Gasteiger partial charge in [-0.05, 0) is 45.2 Å². The molecular weight excluding hydrogens is 443 g/mol. The Balaban J connectivity index is 1.49. The molecule has 4 rings (SSSR count). The van der Waals surface area contributed by atoms with E-state index in [9.17, 15) is 14.0 Å². The van der Waals surface area contributed by atoms with Crippen molar-refractivity contribution >= 4 is 23.2 Å². The molecule has 0 spiro atoms. The van der Waals surface area contributed by atoms with E-state index >= 15 is 0 Å². The standard InChI is InChI=1S/C24H31FN4O3S/c1-16-23(33-17(2)26-16)24(31)29-9-8-21(32-20-6-4-19(25)5-7-20)18(15-29)14-22(30)28-12-10-27(3)11-13-28/h4-7,18,21H,8-15H2,1-3H3/t18-,21-/m0/s1. The lowest BCUT2D eigenvalue weighted by Gasteiger charge is -2.39. The molecular formula is C24H31FN4O3S. The highest BCUT2D eigenvalue weighted by Crippen LogP contribution is 2.29. The zero-order valence-corrected chi connectivity index (χ0v) is 20.2. The number of likely N-dealkylation sites (tertiary alicyclic amines) is 1. The smallest absolute Gasteiger partial charge is 0.265 e. The van der Waals surface area contributed by atoms with Gasteiger partial charge in [0.2, 0.25) is 5.91 Å². The minimum Gasteiger partial charge on any atom is -0.490 e. The van der Waals surface area contributed by atoms with Crippen molar-refractivity contribution in [2.45, 2.75) is 32.8 Å². The van der Waals surface area contributed by atoms with Gasteiger partial charge >= 0.3 is 0 Å². The van der Waals surface area contributed by atoms with Gasteiger partial charge in [-0.1, -0.05) is 0 Å². The van der Waals surface area contributed by atoms with Crippen LogP contribution in [0.1, 0.15) is 33.2 Å². The van der Waals surface area contributed by atoms with Crippen LogP contribution in [0, 0.1) is 25.6 Å². The van der Waals surface area contributed by atoms with Gasteiger partial charge in [-0.2, -0.15) is 0 Å². The van der Waals surface area contributed by atoms with Crippen molar-refractivity contribution in [3.05, 3.63) is 45.7 Å². The zero-order chi connectivity index (χ0) is 23.5. The Bertz CT molecular complexity index is 988. The van der Waals surface area contributed by atoms with Gasteiger partial charge in [-0.3, -0.25) is 9.59 Å². The molecule has 2 aliphatic heterocycles. The van der Waals surface area contributed by atoms with Gasteiger partial charge in [0.15, 0.2) is 0 Å². The SMILES string of the molecule is Cc1nc(C)c(C(=O)N2CC[C@H](Oc3ccc(F)cc3)[C@@H](CC(=O)N3CCN(C)CC3)C2)s1. The first kappa shape index (κ1) is 23.6. The number of halogens is 1. The molecule has 2 aromatic rings. The van der Waals surface area contributed by atoms with Crippen LogP contribution in [0.2, 0.25) is 0 Å². The van der Waals surface area contributed by atoms with Gasteiger partial charge < -0.3 is 19.4 Å². The minimum atomic E-state index is -0.320. The van der Waals surface area contributed by atoms with Gasteiger partial charge in [0.25, 0.3) is 5.91 Å². The molecule has 9 heteroatoms. The van der Waals surface area contributed by atoms with Crippen LogP contribution in [0.15, 0.2) is 24.3 Å². The zero-order valence-electron chi connectivity index (χ0n) is 19.4. The molecule has 2 amide bonds. The Hall–Kier alpha value is -2.52. The summed E-state index contributed by atoms with van der Waals surface area (Å²) in [5.74, 6) is 0.177. The molecule has 0 unspecified atom stereocenters. The molecule has 0 N–H and O–H groups in total. The molecule has 1 aromatic carbocycles. The lowest BCUT2D eigenvalue weighted by atomic mass is 9.90. The maximum atomic E-state index is 13.3. The second-order valence-electron chi connectivity index (χ2n) is 8.95. The van der Waals surface area contributed by atoms with Gasteiger partial charge in [-0.25, -0.2) is 9.37 Å². The number of piperidine rings is 1. The van der Waals surface area contributed by atoms with Gasteiger partial charge in [0, 0.05) is 58.0 Å². The van der Waals surface area contributed by atoms with E-state index in [0.29, 0.717) is 49.6 Å². The monoisotopic (exact) mass is 474 g/mol. The van der Waals surface area contributed by atoms with Crippen LogP contribution in [0.4, 0.5) is 4.39 Å². The topological polar surface area (TPSA) is 66.0 Å². The maximum absolute atomic E-state index is 13.3. The summed E-state index contributed by atoms with van der Waals surface area (Å²) in [5.41, 5.74) is 0.747. The summed E-state index contributed by atoms with van der Waals surface area (Å²) in [5, 5.41) is 0.868. The third kappa shape index (κ3) is 5.70. The maximum Gasteiger partial charge on any atom is 0.265 e. The number of thiazole rings is 1. The number of aryl methyl sites for hydroxylation is 2. The van der Waals surface area contributed by atoms with Crippen LogP contribution in [0.5, 0.6) is 5.75 Å². The van der Waals surface area contributed by atoms with Crippen LogP contribution in [0.3, 0.4) is 0 Å². The van der Waals surface area contributed by atoms with Crippen molar-refractivity contribution in [1.29, 1.82) is 0 Å². The van der Waals surface area contributed by atoms with E-state index in [2.05, 4.69) is 16.9 Å². The third-order valence-electron chi connectivity index (χ3n) is 6.44. The van der Waals surface area contributed by atoms with Crippen molar-refractivity contribution in [2.24, 2.45) is 5.92 Å². The predicted octanol–water partition coefficient (Wildman–Crippen LogP) is 2.97. The molecule has 0 aliphatic carbocycles. The van der Waals surface area contributed by atoms with E-state index in [1.807, 2.05) is 23.6 Å². The number of amides is 2. The number of likely N-dealkylation sites (N-methyl/N-ethyl adjacent to an activating group) is 1. The van der Waals surface area contributed by atoms with E-state index < -0.39 is 0 Å². The summed E-state index contributed by atoms with van der Waals surface area (Å²) in [6.45, 7) is 7.90. The third-order valence-corrected chi connectivity index (χ3v) is 7.50. The number of aromatic nitrogens is 1. The number of carbonyl (C=O) groups excluding carboxylic acids is 2. The van der Waals surface area contributed by atoms with E-state index in [-0.39, 0.29) is 29.7 Å². The fourth-order valence-corrected chi connectivity index (χ4v) is 5.40. The molecule has 1 aromatic heterocycles. The first-order valence-electron chi connectivity index (χ1n) is 11.4. The van der Waals surface area contributed by atoms with Crippen molar-refractivity contribution in [1.82, 2.24) is 19.7 Å². The molecule has 2 atom stereocenters. The molecule has 0 radical (unpaired) electrons. The second kappa shape index (κ2) is 10.2. The highest BCUT2D eigenvalue weighted by Gasteiger charge is 2.36. The van der Waals surface area contributed by atoms with E-state index in [0.717, 1.165) is 23.8 Å². The molecule has 2 fully saturated rings. The molecule has 7 nitrogen and oxygen atoms in total. The molecule has 178 valence electrons. The second-order valence-corrected chi connectivity index (χ2v) is 10.1. The molecule has 0 saturated carbocycles. The normalized spacial score (nSPS) is 21.8. The summed E-state index contributed by atoms with van der Waals surface area (Å²) in [6, 6.07) is 5.95. The Morgan fingerprint density at radius 1 is 1.09 bits per heavy atom. The fourth-order valence-electron chi connectivity index (χ4n) is 4.52. The van der Waals surface area contributed by atoms with E-state index in [1.165, 1.54) is 23.5 Å². The van der Waals surface area contributed by atoms with Gasteiger partial charge in [-0.15, -0.1) is 11.3 Å². The Morgan fingerprint density at radius 3 is 2.42 bits per heavy atom. The molecule has 2 aliphatic rings. The molecule has 3 heterocycles. The quantitative estimate of drug-likeness (QED) is 0.667. The minimum absolute atomic E-state index is 0.0321. The van der Waals surface area contributed by atoms with Crippen molar-refractivity contribution in [2.75, 3.05) is 46.3 Å². The number of ether oxygens (including phenoxy) is 1. The average molecular weight is 475 g/mol. The first-order valence-corrected chi connectivity index (χ1v) is 12.2. The number of carbonyl (C=O) groups is 2. The number of rotatable bonds is 5. The first-order chi connectivity index (χ1) is 15.8. The predicted molar refractivity (Wildman–Crippen MR) is 125 cm³/mol. The summed E-state index contributed by atoms with van der Waals surface area (Å²) in [7, 11) is 2.06. The van der Waals surface area contributed by atoms with E-state index in [1.54, 1.807) is 12.1 Å². The van der Waals surface area contributed by atoms with E-state index in [4.69, 9.17) is 4.74 Å². The molecule has 33 heavy (non-hydrogen) atoms. The number of benzene rings is 1. The Labute approximate surface area is 198 Å². The summed E-state index contributed by atoms with van der Waals surface area (Å²) >= 11 is 1.41. The van der Waals surface area contributed by atoms with Crippen LogP contribution in [-0.2, 0) is 4.79 Å². The fraction of sp³-hybridized carbons (Fsp3) is 0.542. The van der Waals surface area contributed by atoms with Crippen LogP contribution >= 0.6 is 11.3 Å². The van der Waals surface area contributed by atoms with Crippen LogP contribution in [-0.4, -0.2) is 83.9 Å². The summed E-state index contributed by atoms with van der Waals surface area (Å²) < 4.78 is 19.5. The largest absolute Gasteiger partial charge is 0.490 e. The van der Waals surface area contributed by atoms with Crippen molar-refractivity contribution in [3.8, 4) is 5.75 Å². The van der Waals surface area contributed by atoms with Crippen LogP contribution in [0.25, 0.3) is 0 Å². The van der Waals surface area contributed by atoms with Crippen LogP contribution < -0.4 is 4.74 Å². The summed E-state index contributed by atoms with van der Waals surface area (Å²) in [4.78, 5) is 37.3. The number of hydrogen-bond donors (Lipinski definition) is 0. The van der Waals surface area contributed by atoms with Crippen molar-refractivity contribution in [3.63, 3.8) is 0 Å². The van der Waals surface area contributed by atoms with Gasteiger partial charge in [0.1, 0.15) is 22.5 Å². The van der Waals surface area contributed by atoms with Crippen molar-refractivity contribution < 1.29 is 18.7 Å². The lowest BCUT2D eigenvalue weighted by Crippen LogP contribution is -2.51. The molecule has 2 saturated heterocycles. The number of piperazine rings is 1. The Kier molecular flexibility index (Phi) is 7.29. The number of nitrogens with zero attached hydrogens (tertiary/aromatic N) is 4. The summed E-state index contributed by atoms with van der Waals surface area (Å²) in [6.07, 6.45) is 0.709. The number of hydrogen-bond acceptors (Lipinski definition) is 6. The Morgan fingerprint density at radius 2 is 1.79 bits per heavy atom. The van der Waals surface area contributed by atoms with Gasteiger partial charge in [0.05, 0.1) is 10.7 Å². The molecule has 0 bridgehead atoms. The lowest BCUT2D eigenvalue weighted by molar-refractivity contribution is -0.135. The highest BCUT2D eigenvalue weighted by atomic mass is 32.1. The highest BCUT2D eigenvalue weighted by molar-refractivity contribution is 7.13.